The molecule has 0 aliphatic carbocycles. The van der Waals surface area contributed by atoms with Crippen LogP contribution in [0.15, 0.2) is 48.5 Å². The summed E-state index contributed by atoms with van der Waals surface area (Å²) in [7, 11) is 0. The van der Waals surface area contributed by atoms with Crippen molar-refractivity contribution in [1.29, 1.82) is 0 Å². The minimum absolute atomic E-state index is 0.218. The molecule has 0 saturated carbocycles. The number of amides is 3. The van der Waals surface area contributed by atoms with E-state index in [1.165, 1.54) is 0 Å². The predicted octanol–water partition coefficient (Wildman–Crippen LogP) is 0.569. The maximum Gasteiger partial charge on any atom is 0.322 e. The van der Waals surface area contributed by atoms with Crippen LogP contribution in [0, 0.1) is 0 Å². The van der Waals surface area contributed by atoms with E-state index in [4.69, 9.17) is 20.3 Å². The van der Waals surface area contributed by atoms with E-state index in [0.29, 0.717) is 11.4 Å². The van der Waals surface area contributed by atoms with Gasteiger partial charge in [0.05, 0.1) is 17.4 Å². The van der Waals surface area contributed by atoms with E-state index in [0.717, 1.165) is 0 Å². The highest BCUT2D eigenvalue weighted by molar-refractivity contribution is 5.96. The quantitative estimate of drug-likeness (QED) is 0.335. The number of hydrogen-bond donors (Lipinski definition) is 5. The van der Waals surface area contributed by atoms with E-state index in [1.54, 1.807) is 55.5 Å². The van der Waals surface area contributed by atoms with Gasteiger partial charge in [0.2, 0.25) is 5.91 Å². The van der Waals surface area contributed by atoms with Crippen molar-refractivity contribution >= 4 is 35.1 Å². The normalized spacial score (nSPS) is 11.1. The number of rotatable bonds is 11. The molecule has 11 heteroatoms. The van der Waals surface area contributed by atoms with E-state index in [9.17, 15) is 19.2 Å². The third-order valence-corrected chi connectivity index (χ3v) is 3.87. The first kappa shape index (κ1) is 24.2. The Bertz CT molecular complexity index is 978. The molecular weight excluding hydrogens is 420 g/mol. The van der Waals surface area contributed by atoms with Gasteiger partial charge in [0, 0.05) is 0 Å². The van der Waals surface area contributed by atoms with Crippen LogP contribution in [0.25, 0.3) is 0 Å². The number of hydrogen-bond acceptors (Lipinski definition) is 7. The zero-order chi connectivity index (χ0) is 23.5. The number of carboxylic acids is 1. The second kappa shape index (κ2) is 11.9. The summed E-state index contributed by atoms with van der Waals surface area (Å²) < 4.78 is 10.9. The Hall–Kier alpha value is -4.12. The fourth-order valence-electron chi connectivity index (χ4n) is 2.34. The van der Waals surface area contributed by atoms with Crippen LogP contribution in [-0.2, 0) is 19.2 Å². The van der Waals surface area contributed by atoms with Gasteiger partial charge in [0.25, 0.3) is 11.8 Å². The summed E-state index contributed by atoms with van der Waals surface area (Å²) in [6.45, 7) is 0.230. The van der Waals surface area contributed by atoms with Gasteiger partial charge >= 0.3 is 5.97 Å². The molecule has 32 heavy (non-hydrogen) atoms. The fraction of sp³-hybridized carbons (Fsp3) is 0.238. The highest BCUT2D eigenvalue weighted by Gasteiger charge is 2.14. The summed E-state index contributed by atoms with van der Waals surface area (Å²) >= 11 is 0. The monoisotopic (exact) mass is 444 g/mol. The molecule has 11 nitrogen and oxygen atoms in total. The summed E-state index contributed by atoms with van der Waals surface area (Å²) in [6, 6.07) is 12.3. The first-order valence-corrected chi connectivity index (χ1v) is 9.54. The Morgan fingerprint density at radius 2 is 1.38 bits per heavy atom. The number of ether oxygens (including phenoxy) is 2. The van der Waals surface area contributed by atoms with Crippen molar-refractivity contribution in [1.82, 2.24) is 5.32 Å². The number of para-hydroxylation sites is 4. The van der Waals surface area contributed by atoms with Crippen molar-refractivity contribution in [3.63, 3.8) is 0 Å². The molecule has 170 valence electrons. The summed E-state index contributed by atoms with van der Waals surface area (Å²) in [5.74, 6) is -2.20. The van der Waals surface area contributed by atoms with Crippen LogP contribution in [0.5, 0.6) is 11.5 Å². The summed E-state index contributed by atoms with van der Waals surface area (Å²) in [6.07, 6.45) is 0. The molecule has 0 unspecified atom stereocenters. The van der Waals surface area contributed by atoms with Gasteiger partial charge in [-0.05, 0) is 31.2 Å². The number of carboxylic acid groups (broad SMARTS) is 1. The highest BCUT2D eigenvalue weighted by atomic mass is 16.5. The lowest BCUT2D eigenvalue weighted by atomic mass is 10.2. The largest absolute Gasteiger partial charge is 0.482 e. The minimum Gasteiger partial charge on any atom is -0.482 e. The van der Waals surface area contributed by atoms with Crippen LogP contribution in [0.4, 0.5) is 11.4 Å². The summed E-state index contributed by atoms with van der Waals surface area (Å²) in [5.41, 5.74) is 6.22. The minimum atomic E-state index is -1.18. The Morgan fingerprint density at radius 1 is 0.875 bits per heavy atom. The molecule has 0 heterocycles. The lowest BCUT2D eigenvalue weighted by Crippen LogP contribution is -2.33. The predicted molar refractivity (Wildman–Crippen MR) is 115 cm³/mol. The second-order valence-corrected chi connectivity index (χ2v) is 6.57. The second-order valence-electron chi connectivity index (χ2n) is 6.57. The Labute approximate surface area is 183 Å². The first-order valence-electron chi connectivity index (χ1n) is 9.54. The molecule has 2 aromatic carbocycles. The lowest BCUT2D eigenvalue weighted by molar-refractivity contribution is -0.138. The molecule has 2 rings (SSSR count). The Balaban J connectivity index is 1.94. The lowest BCUT2D eigenvalue weighted by Gasteiger charge is -2.15. The number of anilines is 2. The summed E-state index contributed by atoms with van der Waals surface area (Å²) in [4.78, 5) is 46.3. The molecule has 0 radical (unpaired) electrons. The van der Waals surface area contributed by atoms with E-state index in [1.807, 2.05) is 0 Å². The molecule has 6 N–H and O–H groups in total. The fourth-order valence-corrected chi connectivity index (χ4v) is 2.34. The molecule has 1 atom stereocenters. The van der Waals surface area contributed by atoms with Crippen LogP contribution < -0.4 is 31.2 Å². The van der Waals surface area contributed by atoms with Crippen molar-refractivity contribution in [3.8, 4) is 11.5 Å². The average Bonchev–Trinajstić information content (AvgIpc) is 2.76. The van der Waals surface area contributed by atoms with Gasteiger partial charge in [-0.25, -0.2) is 0 Å². The van der Waals surface area contributed by atoms with Crippen LogP contribution in [0.2, 0.25) is 0 Å². The molecule has 3 amide bonds. The van der Waals surface area contributed by atoms with E-state index in [-0.39, 0.29) is 18.1 Å². The molecule has 0 fully saturated rings. The Kier molecular flexibility index (Phi) is 8.99. The number of carbonyl (C=O) groups excluding carboxylic acids is 3. The topological polar surface area (TPSA) is 169 Å². The van der Waals surface area contributed by atoms with E-state index in [2.05, 4.69) is 16.0 Å². The van der Waals surface area contributed by atoms with Gasteiger partial charge in [-0.15, -0.1) is 0 Å². The number of benzene rings is 2. The van der Waals surface area contributed by atoms with E-state index < -0.39 is 42.9 Å². The average molecular weight is 444 g/mol. The maximum absolute atomic E-state index is 12.4. The van der Waals surface area contributed by atoms with Crippen LogP contribution in [-0.4, -0.2) is 54.6 Å². The van der Waals surface area contributed by atoms with Gasteiger partial charge in [-0.2, -0.15) is 0 Å². The number of nitrogens with one attached hydrogen (secondary N) is 3. The van der Waals surface area contributed by atoms with Gasteiger partial charge in [-0.3, -0.25) is 19.2 Å². The van der Waals surface area contributed by atoms with Crippen molar-refractivity contribution in [2.45, 2.75) is 13.0 Å². The first-order chi connectivity index (χ1) is 15.3. The zero-order valence-electron chi connectivity index (χ0n) is 17.3. The third-order valence-electron chi connectivity index (χ3n) is 3.87. The van der Waals surface area contributed by atoms with Crippen LogP contribution in [0.3, 0.4) is 0 Å². The van der Waals surface area contributed by atoms with E-state index >= 15 is 0 Å². The van der Waals surface area contributed by atoms with Crippen molar-refractivity contribution in [2.24, 2.45) is 5.73 Å². The van der Waals surface area contributed by atoms with Crippen molar-refractivity contribution in [3.05, 3.63) is 48.5 Å². The molecule has 2 aromatic rings. The zero-order valence-corrected chi connectivity index (χ0v) is 17.3. The van der Waals surface area contributed by atoms with Crippen molar-refractivity contribution in [2.75, 3.05) is 30.4 Å². The molecular formula is C21H24N4O7. The summed E-state index contributed by atoms with van der Waals surface area (Å²) in [5, 5.41) is 16.0. The standard InChI is InChI=1S/C21H24N4O7/c1-13(22)21(30)25-15-7-3-5-9-17(15)32-12-19(27)24-14-6-2-4-8-16(14)31-11-18(26)23-10-20(28)29/h2-9,13H,10-12,22H2,1H3,(H,23,26)(H,24,27)(H,25,30)(H,28,29)/t13-/m0/s1. The highest BCUT2D eigenvalue weighted by Crippen LogP contribution is 2.25. The van der Waals surface area contributed by atoms with Gasteiger partial charge < -0.3 is 36.3 Å². The van der Waals surface area contributed by atoms with Crippen molar-refractivity contribution < 1.29 is 33.8 Å². The smallest absolute Gasteiger partial charge is 0.322 e. The SMILES string of the molecule is C[C@H](N)C(=O)Nc1ccccc1OCC(=O)Nc1ccccc1OCC(=O)NCC(=O)O. The Morgan fingerprint density at radius 3 is 1.91 bits per heavy atom. The van der Waals surface area contributed by atoms with Gasteiger partial charge in [0.15, 0.2) is 13.2 Å². The molecule has 0 aromatic heterocycles. The maximum atomic E-state index is 12.4. The van der Waals surface area contributed by atoms with Crippen LogP contribution >= 0.6 is 0 Å². The number of carbonyl (C=O) groups is 4. The third kappa shape index (κ3) is 7.95. The number of aliphatic carboxylic acids is 1. The molecule has 0 aliphatic heterocycles. The number of nitrogens with two attached hydrogens (primary N) is 1. The molecule has 0 bridgehead atoms. The molecule has 0 spiro atoms. The van der Waals surface area contributed by atoms with Crippen LogP contribution in [0.1, 0.15) is 6.92 Å². The van der Waals surface area contributed by atoms with Gasteiger partial charge in [0.1, 0.15) is 18.0 Å². The molecule has 0 saturated heterocycles. The molecule has 0 aliphatic rings. The van der Waals surface area contributed by atoms with Gasteiger partial charge in [-0.1, -0.05) is 24.3 Å².